The zero-order valence-corrected chi connectivity index (χ0v) is 12.9. The molecule has 2 heterocycles. The van der Waals surface area contributed by atoms with Gasteiger partial charge in [0.05, 0.1) is 0 Å². The van der Waals surface area contributed by atoms with E-state index in [2.05, 4.69) is 45.2 Å². The van der Waals surface area contributed by atoms with Crippen LogP contribution in [-0.4, -0.2) is 14.8 Å². The molecule has 0 fully saturated rings. The van der Waals surface area contributed by atoms with Crippen molar-refractivity contribution in [1.29, 1.82) is 0 Å². The Morgan fingerprint density at radius 3 is 3.05 bits per heavy atom. The molecule has 0 saturated carbocycles. The number of hydrogen-bond acceptors (Lipinski definition) is 3. The van der Waals surface area contributed by atoms with Gasteiger partial charge in [-0.1, -0.05) is 18.2 Å². The Morgan fingerprint density at radius 2 is 2.26 bits per heavy atom. The van der Waals surface area contributed by atoms with E-state index in [1.165, 1.54) is 10.5 Å². The molecule has 1 aliphatic rings. The lowest BCUT2D eigenvalue weighted by molar-refractivity contribution is 0.606. The standard InChI is InChI=1S/C14H13BrN2OS/c1-9-16-7-12(15)14(18)17(9)8-11-6-10-4-2-3-5-13(10)19-11/h2-5,7,11H,6,8H2,1H3. The molecule has 3 nitrogen and oxygen atoms in total. The lowest BCUT2D eigenvalue weighted by Crippen LogP contribution is -2.28. The van der Waals surface area contributed by atoms with E-state index in [1.807, 2.05) is 18.7 Å². The van der Waals surface area contributed by atoms with Gasteiger partial charge in [-0.05, 0) is 40.9 Å². The van der Waals surface area contributed by atoms with Gasteiger partial charge >= 0.3 is 0 Å². The summed E-state index contributed by atoms with van der Waals surface area (Å²) in [5, 5.41) is 0.407. The Hall–Kier alpha value is -1.07. The summed E-state index contributed by atoms with van der Waals surface area (Å²) < 4.78 is 2.28. The van der Waals surface area contributed by atoms with E-state index in [1.54, 1.807) is 10.8 Å². The summed E-state index contributed by atoms with van der Waals surface area (Å²) in [4.78, 5) is 17.7. The minimum absolute atomic E-state index is 0.00376. The number of thioether (sulfide) groups is 1. The maximum absolute atomic E-state index is 12.1. The molecule has 0 radical (unpaired) electrons. The summed E-state index contributed by atoms with van der Waals surface area (Å²) >= 11 is 5.11. The van der Waals surface area contributed by atoms with Crippen LogP contribution in [0.3, 0.4) is 0 Å². The molecule has 1 aromatic carbocycles. The molecule has 98 valence electrons. The zero-order valence-electron chi connectivity index (χ0n) is 10.5. The van der Waals surface area contributed by atoms with Crippen LogP contribution in [0, 0.1) is 6.92 Å². The molecule has 0 aliphatic carbocycles. The summed E-state index contributed by atoms with van der Waals surface area (Å²) in [6.07, 6.45) is 2.59. The van der Waals surface area contributed by atoms with Crippen molar-refractivity contribution < 1.29 is 0 Å². The Balaban J connectivity index is 1.86. The Kier molecular flexibility index (Phi) is 3.50. The summed E-state index contributed by atoms with van der Waals surface area (Å²) in [5.74, 6) is 0.768. The smallest absolute Gasteiger partial charge is 0.267 e. The van der Waals surface area contributed by atoms with Crippen LogP contribution in [0.1, 0.15) is 11.4 Å². The predicted octanol–water partition coefficient (Wildman–Crippen LogP) is 3.03. The van der Waals surface area contributed by atoms with Gasteiger partial charge in [0.15, 0.2) is 0 Å². The third-order valence-corrected chi connectivity index (χ3v) is 5.15. The summed E-state index contributed by atoms with van der Waals surface area (Å²) in [6.45, 7) is 2.58. The fourth-order valence-corrected chi connectivity index (χ4v) is 3.95. The summed E-state index contributed by atoms with van der Waals surface area (Å²) in [7, 11) is 0. The van der Waals surface area contributed by atoms with Crippen LogP contribution in [0.25, 0.3) is 0 Å². The zero-order chi connectivity index (χ0) is 13.4. The lowest BCUT2D eigenvalue weighted by atomic mass is 10.1. The van der Waals surface area contributed by atoms with Gasteiger partial charge in [-0.2, -0.15) is 0 Å². The Morgan fingerprint density at radius 1 is 1.47 bits per heavy atom. The first-order valence-corrected chi connectivity index (χ1v) is 7.79. The Bertz CT molecular complexity index is 658. The molecular weight excluding hydrogens is 324 g/mol. The lowest BCUT2D eigenvalue weighted by Gasteiger charge is -2.13. The maximum atomic E-state index is 12.1. The van der Waals surface area contributed by atoms with Gasteiger partial charge in [0.2, 0.25) is 0 Å². The average molecular weight is 337 g/mol. The minimum atomic E-state index is 0.00376. The van der Waals surface area contributed by atoms with Crippen molar-refractivity contribution in [3.05, 3.63) is 56.7 Å². The Labute approximate surface area is 124 Å². The highest BCUT2D eigenvalue weighted by molar-refractivity contribution is 9.10. The fourth-order valence-electron chi connectivity index (χ4n) is 2.33. The molecule has 0 saturated heterocycles. The van der Waals surface area contributed by atoms with Crippen molar-refractivity contribution in [3.8, 4) is 0 Å². The van der Waals surface area contributed by atoms with Gasteiger partial charge < -0.3 is 0 Å². The van der Waals surface area contributed by atoms with Gasteiger partial charge in [-0.25, -0.2) is 4.98 Å². The van der Waals surface area contributed by atoms with E-state index >= 15 is 0 Å². The topological polar surface area (TPSA) is 34.9 Å². The van der Waals surface area contributed by atoms with Gasteiger partial charge in [0, 0.05) is 22.9 Å². The molecule has 0 spiro atoms. The summed E-state index contributed by atoms with van der Waals surface area (Å²) in [6, 6.07) is 8.44. The van der Waals surface area contributed by atoms with Crippen molar-refractivity contribution >= 4 is 27.7 Å². The molecule has 0 amide bonds. The first kappa shape index (κ1) is 12.9. The van der Waals surface area contributed by atoms with Crippen LogP contribution >= 0.6 is 27.7 Å². The van der Waals surface area contributed by atoms with E-state index in [-0.39, 0.29) is 5.56 Å². The molecule has 2 aromatic rings. The number of nitrogens with zero attached hydrogens (tertiary/aromatic N) is 2. The van der Waals surface area contributed by atoms with Gasteiger partial charge in [0.1, 0.15) is 10.3 Å². The van der Waals surface area contributed by atoms with E-state index in [9.17, 15) is 4.79 Å². The van der Waals surface area contributed by atoms with E-state index in [0.717, 1.165) is 12.2 Å². The largest absolute Gasteiger partial charge is 0.295 e. The van der Waals surface area contributed by atoms with Gasteiger partial charge in [-0.15, -0.1) is 11.8 Å². The van der Waals surface area contributed by atoms with Crippen molar-refractivity contribution in [3.63, 3.8) is 0 Å². The first-order valence-electron chi connectivity index (χ1n) is 6.11. The van der Waals surface area contributed by atoms with Crippen molar-refractivity contribution in [1.82, 2.24) is 9.55 Å². The predicted molar refractivity (Wildman–Crippen MR) is 80.7 cm³/mol. The minimum Gasteiger partial charge on any atom is -0.295 e. The van der Waals surface area contributed by atoms with Crippen molar-refractivity contribution in [2.24, 2.45) is 0 Å². The first-order chi connectivity index (χ1) is 9.15. The number of aryl methyl sites for hydroxylation is 1. The highest BCUT2D eigenvalue weighted by Crippen LogP contribution is 2.37. The molecule has 3 rings (SSSR count). The quantitative estimate of drug-likeness (QED) is 0.845. The molecule has 19 heavy (non-hydrogen) atoms. The summed E-state index contributed by atoms with van der Waals surface area (Å²) in [5.41, 5.74) is 1.38. The van der Waals surface area contributed by atoms with Crippen LogP contribution in [0.4, 0.5) is 0 Å². The molecule has 0 N–H and O–H groups in total. The second-order valence-corrected chi connectivity index (χ2v) is 6.82. The molecular formula is C14H13BrN2OS. The van der Waals surface area contributed by atoms with Crippen molar-refractivity contribution in [2.45, 2.75) is 30.0 Å². The fraction of sp³-hybridized carbons (Fsp3) is 0.286. The van der Waals surface area contributed by atoms with E-state index < -0.39 is 0 Å². The van der Waals surface area contributed by atoms with E-state index in [0.29, 0.717) is 16.3 Å². The normalized spacial score (nSPS) is 17.5. The monoisotopic (exact) mass is 336 g/mol. The number of benzene rings is 1. The molecule has 5 heteroatoms. The molecule has 0 bridgehead atoms. The number of rotatable bonds is 2. The highest BCUT2D eigenvalue weighted by Gasteiger charge is 2.23. The molecule has 1 aliphatic heterocycles. The number of hydrogen-bond donors (Lipinski definition) is 0. The van der Waals surface area contributed by atoms with E-state index in [4.69, 9.17) is 0 Å². The van der Waals surface area contributed by atoms with Crippen LogP contribution in [-0.2, 0) is 13.0 Å². The van der Waals surface area contributed by atoms with Gasteiger partial charge in [0.25, 0.3) is 5.56 Å². The third-order valence-electron chi connectivity index (χ3n) is 3.30. The van der Waals surface area contributed by atoms with Gasteiger partial charge in [-0.3, -0.25) is 9.36 Å². The van der Waals surface area contributed by atoms with Crippen LogP contribution in [0.5, 0.6) is 0 Å². The number of halogens is 1. The second kappa shape index (κ2) is 5.13. The SMILES string of the molecule is Cc1ncc(Br)c(=O)n1CC1Cc2ccccc2S1. The van der Waals surface area contributed by atoms with Crippen LogP contribution < -0.4 is 5.56 Å². The van der Waals surface area contributed by atoms with Crippen molar-refractivity contribution in [2.75, 3.05) is 0 Å². The molecule has 1 aromatic heterocycles. The third kappa shape index (κ3) is 2.49. The van der Waals surface area contributed by atoms with Crippen LogP contribution in [0.15, 0.2) is 44.6 Å². The van der Waals surface area contributed by atoms with Crippen LogP contribution in [0.2, 0.25) is 0 Å². The molecule has 1 atom stereocenters. The second-order valence-electron chi connectivity index (χ2n) is 4.62. The number of aromatic nitrogens is 2. The average Bonchev–Trinajstić information content (AvgIpc) is 2.81. The highest BCUT2D eigenvalue weighted by atomic mass is 79.9. The maximum Gasteiger partial charge on any atom is 0.267 e. The molecule has 1 unspecified atom stereocenters. The number of fused-ring (bicyclic) bond motifs is 1.